The number of para-hydroxylation sites is 1. The number of thiophene rings is 1. The van der Waals surface area contributed by atoms with Gasteiger partial charge in [-0.2, -0.15) is 0 Å². The number of anilines is 1. The molecule has 1 aromatic heterocycles. The molecule has 4 heterocycles. The monoisotopic (exact) mass is 481 g/mol. The van der Waals surface area contributed by atoms with Crippen LogP contribution in [-0.4, -0.2) is 58.3 Å². The van der Waals surface area contributed by atoms with Crippen molar-refractivity contribution in [2.75, 3.05) is 18.1 Å². The van der Waals surface area contributed by atoms with Crippen LogP contribution in [0.4, 0.5) is 5.69 Å². The summed E-state index contributed by atoms with van der Waals surface area (Å²) in [5.74, 6) is -1.58. The standard InChI is InChI=1S/C25H27N3O5S/c1-16(2)27-23(31)17-7-3-4-8-18(17)28-21(29)11-12-25(27,28)24(32)33-15-22(30)26-13-5-9-19(26)20-10-6-14-34-20/h3-4,6-8,10,14,16,19H,5,9,11-13,15H2,1-2H3/t19-,25+/m0/s1. The molecule has 3 amide bonds. The van der Waals surface area contributed by atoms with Gasteiger partial charge in [0.1, 0.15) is 0 Å². The first-order valence-electron chi connectivity index (χ1n) is 11.6. The van der Waals surface area contributed by atoms with Gasteiger partial charge in [-0.15, -0.1) is 11.3 Å². The Morgan fingerprint density at radius 2 is 1.97 bits per heavy atom. The van der Waals surface area contributed by atoms with Crippen molar-refractivity contribution < 1.29 is 23.9 Å². The predicted octanol–water partition coefficient (Wildman–Crippen LogP) is 3.34. The second kappa shape index (κ2) is 8.54. The second-order valence-corrected chi connectivity index (χ2v) is 10.1. The fraction of sp³-hybridized carbons (Fsp3) is 0.440. The van der Waals surface area contributed by atoms with Gasteiger partial charge in [-0.25, -0.2) is 4.79 Å². The molecule has 34 heavy (non-hydrogen) atoms. The lowest BCUT2D eigenvalue weighted by Gasteiger charge is -2.50. The predicted molar refractivity (Wildman–Crippen MR) is 126 cm³/mol. The average molecular weight is 482 g/mol. The molecule has 0 unspecified atom stereocenters. The zero-order valence-corrected chi connectivity index (χ0v) is 20.0. The molecular formula is C25H27N3O5S. The van der Waals surface area contributed by atoms with Crippen molar-refractivity contribution in [1.29, 1.82) is 0 Å². The fourth-order valence-electron chi connectivity index (χ4n) is 5.54. The van der Waals surface area contributed by atoms with Crippen molar-refractivity contribution in [1.82, 2.24) is 9.80 Å². The largest absolute Gasteiger partial charge is 0.452 e. The summed E-state index contributed by atoms with van der Waals surface area (Å²) in [6.07, 6.45) is 2.00. The number of nitrogens with zero attached hydrogens (tertiary/aromatic N) is 3. The summed E-state index contributed by atoms with van der Waals surface area (Å²) in [7, 11) is 0. The molecule has 2 aromatic rings. The highest BCUT2D eigenvalue weighted by Gasteiger charge is 2.62. The highest BCUT2D eigenvalue weighted by molar-refractivity contribution is 7.10. The van der Waals surface area contributed by atoms with Gasteiger partial charge in [-0.05, 0) is 50.3 Å². The topological polar surface area (TPSA) is 87.2 Å². The maximum absolute atomic E-state index is 13.7. The number of ether oxygens (including phenoxy) is 1. The number of likely N-dealkylation sites (tertiary alicyclic amines) is 1. The van der Waals surface area contributed by atoms with Crippen LogP contribution in [0.25, 0.3) is 0 Å². The second-order valence-electron chi connectivity index (χ2n) is 9.17. The van der Waals surface area contributed by atoms with Crippen molar-refractivity contribution in [2.45, 2.75) is 57.3 Å². The van der Waals surface area contributed by atoms with E-state index in [-0.39, 0.29) is 42.6 Å². The quantitative estimate of drug-likeness (QED) is 0.612. The van der Waals surface area contributed by atoms with E-state index >= 15 is 0 Å². The van der Waals surface area contributed by atoms with E-state index in [0.717, 1.165) is 17.7 Å². The van der Waals surface area contributed by atoms with Crippen LogP contribution in [0, 0.1) is 0 Å². The van der Waals surface area contributed by atoms with Gasteiger partial charge < -0.3 is 14.5 Å². The van der Waals surface area contributed by atoms with E-state index in [1.165, 1.54) is 9.80 Å². The summed E-state index contributed by atoms with van der Waals surface area (Å²) in [5.41, 5.74) is -0.802. The number of benzene rings is 1. The minimum atomic E-state index is -1.59. The Hall–Kier alpha value is -3.20. The van der Waals surface area contributed by atoms with Crippen LogP contribution >= 0.6 is 11.3 Å². The summed E-state index contributed by atoms with van der Waals surface area (Å²) in [6, 6.07) is 10.4. The van der Waals surface area contributed by atoms with Crippen LogP contribution in [0.2, 0.25) is 0 Å². The number of hydrogen-bond donors (Lipinski definition) is 0. The van der Waals surface area contributed by atoms with E-state index in [0.29, 0.717) is 17.8 Å². The molecule has 0 spiro atoms. The van der Waals surface area contributed by atoms with Crippen molar-refractivity contribution in [3.63, 3.8) is 0 Å². The number of carbonyl (C=O) groups excluding carboxylic acids is 4. The minimum Gasteiger partial charge on any atom is -0.452 e. The first kappa shape index (κ1) is 22.6. The van der Waals surface area contributed by atoms with Crippen molar-refractivity contribution in [2.24, 2.45) is 0 Å². The molecule has 0 N–H and O–H groups in total. The summed E-state index contributed by atoms with van der Waals surface area (Å²) < 4.78 is 5.60. The fourth-order valence-corrected chi connectivity index (χ4v) is 6.41. The zero-order chi connectivity index (χ0) is 24.0. The molecule has 0 aliphatic carbocycles. The van der Waals surface area contributed by atoms with Crippen LogP contribution < -0.4 is 4.90 Å². The molecule has 5 rings (SSSR count). The van der Waals surface area contributed by atoms with E-state index in [1.807, 2.05) is 31.4 Å². The third kappa shape index (κ3) is 3.33. The molecule has 3 aliphatic heterocycles. The molecule has 9 heteroatoms. The zero-order valence-electron chi connectivity index (χ0n) is 19.2. The van der Waals surface area contributed by atoms with Crippen LogP contribution in [-0.2, 0) is 19.1 Å². The van der Waals surface area contributed by atoms with E-state index in [2.05, 4.69) is 0 Å². The Bertz CT molecular complexity index is 1150. The number of amides is 3. The van der Waals surface area contributed by atoms with Gasteiger partial charge in [0.15, 0.2) is 6.61 Å². The molecule has 178 valence electrons. The molecular weight excluding hydrogens is 454 g/mol. The number of esters is 1. The molecule has 2 fully saturated rings. The lowest BCUT2D eigenvalue weighted by molar-refractivity contribution is -0.163. The van der Waals surface area contributed by atoms with Crippen molar-refractivity contribution in [3.05, 3.63) is 52.2 Å². The molecule has 0 radical (unpaired) electrons. The first-order chi connectivity index (χ1) is 16.4. The van der Waals surface area contributed by atoms with Gasteiger partial charge in [0.2, 0.25) is 11.6 Å². The first-order valence-corrected chi connectivity index (χ1v) is 12.5. The van der Waals surface area contributed by atoms with Gasteiger partial charge in [0.05, 0.1) is 17.3 Å². The Kier molecular flexibility index (Phi) is 5.67. The lowest BCUT2D eigenvalue weighted by Crippen LogP contribution is -2.70. The maximum atomic E-state index is 13.7. The van der Waals surface area contributed by atoms with Crippen LogP contribution in [0.15, 0.2) is 41.8 Å². The highest BCUT2D eigenvalue weighted by Crippen LogP contribution is 2.46. The van der Waals surface area contributed by atoms with Gasteiger partial charge in [0, 0.05) is 30.3 Å². The molecule has 0 bridgehead atoms. The smallest absolute Gasteiger partial charge is 0.354 e. The molecule has 0 saturated carbocycles. The third-order valence-electron chi connectivity index (χ3n) is 6.91. The summed E-state index contributed by atoms with van der Waals surface area (Å²) in [5, 5.41) is 1.99. The van der Waals surface area contributed by atoms with Crippen LogP contribution in [0.3, 0.4) is 0 Å². The van der Waals surface area contributed by atoms with Crippen LogP contribution in [0.5, 0.6) is 0 Å². The number of hydrogen-bond acceptors (Lipinski definition) is 6. The van der Waals surface area contributed by atoms with E-state index < -0.39 is 18.2 Å². The third-order valence-corrected chi connectivity index (χ3v) is 7.89. The molecule has 3 aliphatic rings. The van der Waals surface area contributed by atoms with Gasteiger partial charge in [-0.3, -0.25) is 19.3 Å². The molecule has 2 atom stereocenters. The normalized spacial score (nSPS) is 24.0. The summed E-state index contributed by atoms with van der Waals surface area (Å²) in [4.78, 5) is 58.9. The summed E-state index contributed by atoms with van der Waals surface area (Å²) in [6.45, 7) is 3.80. The Morgan fingerprint density at radius 3 is 2.71 bits per heavy atom. The Labute approximate surface area is 202 Å². The van der Waals surface area contributed by atoms with Gasteiger partial charge in [-0.1, -0.05) is 18.2 Å². The molecule has 1 aromatic carbocycles. The van der Waals surface area contributed by atoms with E-state index in [1.54, 1.807) is 40.5 Å². The Balaban J connectivity index is 1.42. The van der Waals surface area contributed by atoms with E-state index in [4.69, 9.17) is 4.74 Å². The highest BCUT2D eigenvalue weighted by atomic mass is 32.1. The SMILES string of the molecule is CC(C)N1C(=O)c2ccccc2N2C(=O)CC[C@]21C(=O)OCC(=O)N1CCC[C@H]1c1cccs1. The van der Waals surface area contributed by atoms with E-state index in [9.17, 15) is 19.2 Å². The average Bonchev–Trinajstić information content (AvgIpc) is 3.57. The van der Waals surface area contributed by atoms with Gasteiger partial charge in [0.25, 0.3) is 11.8 Å². The van der Waals surface area contributed by atoms with Crippen LogP contribution in [0.1, 0.15) is 60.8 Å². The molecule has 8 nitrogen and oxygen atoms in total. The Morgan fingerprint density at radius 1 is 1.18 bits per heavy atom. The van der Waals surface area contributed by atoms with Crippen molar-refractivity contribution in [3.8, 4) is 0 Å². The van der Waals surface area contributed by atoms with Gasteiger partial charge >= 0.3 is 5.97 Å². The summed E-state index contributed by atoms with van der Waals surface area (Å²) >= 11 is 1.61. The minimum absolute atomic E-state index is 0.00998. The number of carbonyl (C=O) groups is 4. The maximum Gasteiger partial charge on any atom is 0.354 e. The number of rotatable bonds is 5. The molecule has 2 saturated heterocycles. The number of fused-ring (bicyclic) bond motifs is 3. The lowest BCUT2D eigenvalue weighted by atomic mass is 9.95. The van der Waals surface area contributed by atoms with Crippen molar-refractivity contribution >= 4 is 40.7 Å².